The minimum atomic E-state index is -0.923. The summed E-state index contributed by atoms with van der Waals surface area (Å²) < 4.78 is 0. The summed E-state index contributed by atoms with van der Waals surface area (Å²) in [6, 6.07) is 0. The fourth-order valence-electron chi connectivity index (χ4n) is 2.57. The number of carboxylic acids is 1. The highest BCUT2D eigenvalue weighted by atomic mass is 16.4. The van der Waals surface area contributed by atoms with Crippen LogP contribution in [0.3, 0.4) is 0 Å². The lowest BCUT2D eigenvalue weighted by atomic mass is 9.95. The second kappa shape index (κ2) is 5.52. The summed E-state index contributed by atoms with van der Waals surface area (Å²) in [4.78, 5) is 27.5. The fourth-order valence-corrected chi connectivity index (χ4v) is 2.57. The zero-order valence-electron chi connectivity index (χ0n) is 11.8. The first-order valence-electron chi connectivity index (χ1n) is 6.60. The van der Waals surface area contributed by atoms with E-state index in [1.54, 1.807) is 13.8 Å². The Morgan fingerprint density at radius 3 is 2.40 bits per heavy atom. The van der Waals surface area contributed by atoms with E-state index in [-0.39, 0.29) is 17.8 Å². The van der Waals surface area contributed by atoms with Gasteiger partial charge in [0.05, 0.1) is 23.2 Å². The Bertz CT molecular complexity index is 546. The SMILES string of the molecule is Cc1nnc(NC(=O)[C@H]2CC(C)C[C@H]2C(=O)O)nc1C. The van der Waals surface area contributed by atoms with Gasteiger partial charge in [-0.1, -0.05) is 6.92 Å². The molecule has 1 amide bonds. The number of carbonyl (C=O) groups is 2. The maximum atomic E-state index is 12.2. The predicted molar refractivity (Wildman–Crippen MR) is 70.9 cm³/mol. The van der Waals surface area contributed by atoms with Gasteiger partial charge in [-0.25, -0.2) is 4.98 Å². The summed E-state index contributed by atoms with van der Waals surface area (Å²) in [6.45, 7) is 5.51. The lowest BCUT2D eigenvalue weighted by molar-refractivity contribution is -0.145. The number of hydrogen-bond acceptors (Lipinski definition) is 5. The highest BCUT2D eigenvalue weighted by Gasteiger charge is 2.41. The molecule has 0 radical (unpaired) electrons. The molecule has 7 heteroatoms. The number of hydrogen-bond donors (Lipinski definition) is 2. The highest BCUT2D eigenvalue weighted by molar-refractivity contribution is 5.94. The van der Waals surface area contributed by atoms with Gasteiger partial charge in [0.25, 0.3) is 0 Å². The second-order valence-electron chi connectivity index (χ2n) is 5.42. The number of aliphatic carboxylic acids is 1. The lowest BCUT2D eigenvalue weighted by Crippen LogP contribution is -2.30. The molecule has 0 saturated heterocycles. The molecule has 0 aromatic carbocycles. The van der Waals surface area contributed by atoms with Gasteiger partial charge in [-0.05, 0) is 32.6 Å². The highest BCUT2D eigenvalue weighted by Crippen LogP contribution is 2.36. The molecule has 0 aliphatic heterocycles. The maximum absolute atomic E-state index is 12.2. The van der Waals surface area contributed by atoms with Gasteiger partial charge in [0, 0.05) is 0 Å². The van der Waals surface area contributed by atoms with Crippen LogP contribution in [0.5, 0.6) is 0 Å². The molecule has 108 valence electrons. The summed E-state index contributed by atoms with van der Waals surface area (Å²) in [5.74, 6) is -2.08. The summed E-state index contributed by atoms with van der Waals surface area (Å²) >= 11 is 0. The predicted octanol–water partition coefficient (Wildman–Crippen LogP) is 1.17. The van der Waals surface area contributed by atoms with Gasteiger partial charge in [-0.3, -0.25) is 14.9 Å². The molecule has 1 aliphatic carbocycles. The minimum Gasteiger partial charge on any atom is -0.481 e. The average Bonchev–Trinajstić information content (AvgIpc) is 2.76. The van der Waals surface area contributed by atoms with Crippen molar-refractivity contribution in [2.24, 2.45) is 17.8 Å². The van der Waals surface area contributed by atoms with Crippen molar-refractivity contribution in [2.45, 2.75) is 33.6 Å². The van der Waals surface area contributed by atoms with Crippen molar-refractivity contribution in [3.63, 3.8) is 0 Å². The van der Waals surface area contributed by atoms with Gasteiger partial charge in [-0.2, -0.15) is 5.10 Å². The van der Waals surface area contributed by atoms with Crippen molar-refractivity contribution in [1.29, 1.82) is 0 Å². The first-order chi connectivity index (χ1) is 9.38. The van der Waals surface area contributed by atoms with Crippen molar-refractivity contribution < 1.29 is 14.7 Å². The third kappa shape index (κ3) is 2.92. The van der Waals surface area contributed by atoms with Crippen LogP contribution >= 0.6 is 0 Å². The smallest absolute Gasteiger partial charge is 0.307 e. The van der Waals surface area contributed by atoms with Crippen molar-refractivity contribution in [3.05, 3.63) is 11.4 Å². The van der Waals surface area contributed by atoms with E-state index in [0.717, 1.165) is 0 Å². The Morgan fingerprint density at radius 2 is 1.80 bits per heavy atom. The number of carboxylic acid groups (broad SMARTS) is 1. The summed E-state index contributed by atoms with van der Waals surface area (Å²) in [5.41, 5.74) is 1.38. The first kappa shape index (κ1) is 14.4. The quantitative estimate of drug-likeness (QED) is 0.860. The Morgan fingerprint density at radius 1 is 1.15 bits per heavy atom. The number of carbonyl (C=O) groups excluding carboxylic acids is 1. The molecule has 0 bridgehead atoms. The normalized spacial score (nSPS) is 25.4. The number of amides is 1. The molecule has 1 saturated carbocycles. The van der Waals surface area contributed by atoms with Gasteiger partial charge in [-0.15, -0.1) is 5.10 Å². The van der Waals surface area contributed by atoms with E-state index in [4.69, 9.17) is 0 Å². The number of nitrogens with zero attached hydrogens (tertiary/aromatic N) is 3. The van der Waals surface area contributed by atoms with Gasteiger partial charge in [0.1, 0.15) is 0 Å². The zero-order valence-corrected chi connectivity index (χ0v) is 11.8. The summed E-state index contributed by atoms with van der Waals surface area (Å²) in [5, 5.41) is 19.4. The molecule has 20 heavy (non-hydrogen) atoms. The average molecular weight is 278 g/mol. The van der Waals surface area contributed by atoms with E-state index in [1.807, 2.05) is 6.92 Å². The Balaban J connectivity index is 2.11. The van der Waals surface area contributed by atoms with E-state index in [1.165, 1.54) is 0 Å². The molecule has 1 aromatic heterocycles. The molecule has 2 rings (SSSR count). The van der Waals surface area contributed by atoms with Crippen LogP contribution in [0.25, 0.3) is 0 Å². The number of nitrogens with one attached hydrogen (secondary N) is 1. The van der Waals surface area contributed by atoms with Gasteiger partial charge < -0.3 is 5.11 Å². The summed E-state index contributed by atoms with van der Waals surface area (Å²) in [6.07, 6.45) is 1.10. The molecule has 7 nitrogen and oxygen atoms in total. The minimum absolute atomic E-state index is 0.127. The van der Waals surface area contributed by atoms with Crippen molar-refractivity contribution in [1.82, 2.24) is 15.2 Å². The number of anilines is 1. The topological polar surface area (TPSA) is 105 Å². The Labute approximate surface area is 116 Å². The van der Waals surface area contributed by atoms with Crippen molar-refractivity contribution >= 4 is 17.8 Å². The third-order valence-electron chi connectivity index (χ3n) is 3.78. The van der Waals surface area contributed by atoms with Crippen LogP contribution in [0.4, 0.5) is 5.95 Å². The van der Waals surface area contributed by atoms with E-state index in [0.29, 0.717) is 24.2 Å². The van der Waals surface area contributed by atoms with Crippen molar-refractivity contribution in [2.75, 3.05) is 5.32 Å². The van der Waals surface area contributed by atoms with E-state index >= 15 is 0 Å². The molecule has 1 heterocycles. The van der Waals surface area contributed by atoms with Crippen LogP contribution < -0.4 is 5.32 Å². The second-order valence-corrected chi connectivity index (χ2v) is 5.42. The fraction of sp³-hybridized carbons (Fsp3) is 0.615. The largest absolute Gasteiger partial charge is 0.481 e. The third-order valence-corrected chi connectivity index (χ3v) is 3.78. The molecule has 1 aliphatic rings. The first-order valence-corrected chi connectivity index (χ1v) is 6.60. The Kier molecular flexibility index (Phi) is 3.96. The number of rotatable bonds is 3. The van der Waals surface area contributed by atoms with Crippen LogP contribution in [-0.4, -0.2) is 32.2 Å². The number of aryl methyl sites for hydroxylation is 2. The molecular formula is C13H18N4O3. The monoisotopic (exact) mass is 278 g/mol. The van der Waals surface area contributed by atoms with Gasteiger partial charge in [0.2, 0.25) is 11.9 Å². The van der Waals surface area contributed by atoms with Crippen LogP contribution in [0, 0.1) is 31.6 Å². The van der Waals surface area contributed by atoms with Gasteiger partial charge >= 0.3 is 5.97 Å². The summed E-state index contributed by atoms with van der Waals surface area (Å²) in [7, 11) is 0. The zero-order chi connectivity index (χ0) is 14.9. The van der Waals surface area contributed by atoms with Crippen LogP contribution in [0.1, 0.15) is 31.2 Å². The van der Waals surface area contributed by atoms with Crippen molar-refractivity contribution in [3.8, 4) is 0 Å². The van der Waals surface area contributed by atoms with Crippen LogP contribution in [-0.2, 0) is 9.59 Å². The molecule has 0 spiro atoms. The standard InChI is InChI=1S/C13H18N4O3/c1-6-4-9(10(5-6)12(19)20)11(18)15-13-14-7(2)8(3)16-17-13/h6,9-10H,4-5H2,1-3H3,(H,19,20)(H,14,15,17,18)/t6?,9-,10+/m0/s1. The van der Waals surface area contributed by atoms with E-state index in [9.17, 15) is 14.7 Å². The maximum Gasteiger partial charge on any atom is 0.307 e. The van der Waals surface area contributed by atoms with Crippen LogP contribution in [0.2, 0.25) is 0 Å². The molecule has 3 atom stereocenters. The number of aromatic nitrogens is 3. The molecule has 1 fully saturated rings. The molecule has 1 aromatic rings. The van der Waals surface area contributed by atoms with Gasteiger partial charge in [0.15, 0.2) is 0 Å². The molecule has 2 N–H and O–H groups in total. The lowest BCUT2D eigenvalue weighted by Gasteiger charge is -2.14. The molecule has 1 unspecified atom stereocenters. The van der Waals surface area contributed by atoms with E-state index in [2.05, 4.69) is 20.5 Å². The molecular weight excluding hydrogens is 260 g/mol. The van der Waals surface area contributed by atoms with Crippen LogP contribution in [0.15, 0.2) is 0 Å². The van der Waals surface area contributed by atoms with E-state index < -0.39 is 17.8 Å². The Hall–Kier alpha value is -2.05.